The summed E-state index contributed by atoms with van der Waals surface area (Å²) in [7, 11) is 1.32. The Labute approximate surface area is 77.0 Å². The van der Waals surface area contributed by atoms with E-state index in [0.29, 0.717) is 11.1 Å². The van der Waals surface area contributed by atoms with Crippen LogP contribution in [-0.4, -0.2) is 18.2 Å². The molecule has 0 unspecified atom stereocenters. The molecule has 0 aliphatic heterocycles. The first-order chi connectivity index (χ1) is 6.19. The molecule has 0 fully saturated rings. The van der Waals surface area contributed by atoms with Gasteiger partial charge in [0.05, 0.1) is 19.3 Å². The van der Waals surface area contributed by atoms with E-state index in [0.717, 1.165) is 5.56 Å². The molecule has 0 bridgehead atoms. The number of esters is 1. The fraction of sp³-hybridized carbons (Fsp3) is 0.200. The number of hydrogen-bond acceptors (Lipinski definition) is 3. The molecule has 0 amide bonds. The van der Waals surface area contributed by atoms with Crippen LogP contribution in [0.5, 0.6) is 0 Å². The van der Waals surface area contributed by atoms with Crippen molar-refractivity contribution in [1.29, 1.82) is 0 Å². The van der Waals surface area contributed by atoms with Crippen LogP contribution in [0.1, 0.15) is 21.5 Å². The molecule has 0 aliphatic rings. The van der Waals surface area contributed by atoms with Gasteiger partial charge in [0, 0.05) is 0 Å². The van der Waals surface area contributed by atoms with E-state index in [1.54, 1.807) is 18.2 Å². The van der Waals surface area contributed by atoms with Crippen molar-refractivity contribution < 1.29 is 14.6 Å². The maximum absolute atomic E-state index is 11.1. The zero-order valence-corrected chi connectivity index (χ0v) is 7.41. The number of hydrogen-bond donors (Lipinski definition) is 1. The number of ether oxygens (including phenoxy) is 1. The predicted molar refractivity (Wildman–Crippen MR) is 48.2 cm³/mol. The SMILES string of the molecule is [CH2]c1ccc(C(=O)OC)cc1CO. The summed E-state index contributed by atoms with van der Waals surface area (Å²) in [6, 6.07) is 4.87. The molecule has 0 saturated heterocycles. The topological polar surface area (TPSA) is 46.5 Å². The van der Waals surface area contributed by atoms with E-state index in [4.69, 9.17) is 5.11 Å². The molecule has 1 rings (SSSR count). The van der Waals surface area contributed by atoms with Crippen LogP contribution in [0.2, 0.25) is 0 Å². The number of carbonyl (C=O) groups is 1. The fourth-order valence-corrected chi connectivity index (χ4v) is 1.02. The third kappa shape index (κ3) is 2.06. The van der Waals surface area contributed by atoms with Gasteiger partial charge >= 0.3 is 5.97 Å². The lowest BCUT2D eigenvalue weighted by Crippen LogP contribution is -2.02. The van der Waals surface area contributed by atoms with Gasteiger partial charge in [-0.3, -0.25) is 0 Å². The van der Waals surface area contributed by atoms with Crippen molar-refractivity contribution in [2.75, 3.05) is 7.11 Å². The minimum atomic E-state index is -0.408. The van der Waals surface area contributed by atoms with E-state index in [1.165, 1.54) is 7.11 Å². The lowest BCUT2D eigenvalue weighted by atomic mass is 10.1. The Kier molecular flexibility index (Phi) is 3.03. The summed E-state index contributed by atoms with van der Waals surface area (Å²) in [6.45, 7) is 3.58. The van der Waals surface area contributed by atoms with Crippen molar-refractivity contribution in [2.45, 2.75) is 6.61 Å². The summed E-state index contributed by atoms with van der Waals surface area (Å²) in [5, 5.41) is 8.91. The Hall–Kier alpha value is -1.35. The van der Waals surface area contributed by atoms with Gasteiger partial charge in [0.2, 0.25) is 0 Å². The molecule has 0 aromatic heterocycles. The number of methoxy groups -OCH3 is 1. The quantitative estimate of drug-likeness (QED) is 0.693. The molecule has 1 N–H and O–H groups in total. The van der Waals surface area contributed by atoms with Gasteiger partial charge in [-0.05, 0) is 30.2 Å². The van der Waals surface area contributed by atoms with Gasteiger partial charge in [-0.2, -0.15) is 0 Å². The Balaban J connectivity index is 3.06. The monoisotopic (exact) mass is 179 g/mol. The van der Waals surface area contributed by atoms with E-state index in [-0.39, 0.29) is 6.61 Å². The summed E-state index contributed by atoms with van der Waals surface area (Å²) in [6.07, 6.45) is 0. The summed E-state index contributed by atoms with van der Waals surface area (Å²) < 4.78 is 4.53. The van der Waals surface area contributed by atoms with Crippen LogP contribution in [0, 0.1) is 6.92 Å². The standard InChI is InChI=1S/C10H11O3/c1-7-3-4-8(10(12)13-2)5-9(7)6-11/h3-5,11H,1,6H2,2H3. The molecular formula is C10H11O3. The third-order valence-corrected chi connectivity index (χ3v) is 1.80. The zero-order chi connectivity index (χ0) is 9.84. The Morgan fingerprint density at radius 3 is 2.85 bits per heavy atom. The molecule has 3 heteroatoms. The number of benzene rings is 1. The number of aliphatic hydroxyl groups is 1. The lowest BCUT2D eigenvalue weighted by molar-refractivity contribution is 0.0600. The number of carbonyl (C=O) groups excluding carboxylic acids is 1. The van der Waals surface area contributed by atoms with E-state index >= 15 is 0 Å². The molecule has 1 aromatic carbocycles. The van der Waals surface area contributed by atoms with Crippen molar-refractivity contribution >= 4 is 5.97 Å². The second-order valence-electron chi connectivity index (χ2n) is 2.63. The molecule has 3 nitrogen and oxygen atoms in total. The van der Waals surface area contributed by atoms with Crippen molar-refractivity contribution in [3.8, 4) is 0 Å². The molecule has 0 spiro atoms. The second-order valence-corrected chi connectivity index (χ2v) is 2.63. The maximum atomic E-state index is 11.1. The zero-order valence-electron chi connectivity index (χ0n) is 7.41. The first-order valence-corrected chi connectivity index (χ1v) is 3.83. The van der Waals surface area contributed by atoms with Crippen LogP contribution in [0.15, 0.2) is 18.2 Å². The van der Waals surface area contributed by atoms with Gasteiger partial charge in [0.15, 0.2) is 0 Å². The van der Waals surface area contributed by atoms with Crippen molar-refractivity contribution in [3.63, 3.8) is 0 Å². The van der Waals surface area contributed by atoms with Gasteiger partial charge in [-0.1, -0.05) is 6.07 Å². The highest BCUT2D eigenvalue weighted by molar-refractivity contribution is 5.89. The van der Waals surface area contributed by atoms with Gasteiger partial charge < -0.3 is 9.84 Å². The van der Waals surface area contributed by atoms with E-state index in [2.05, 4.69) is 11.7 Å². The van der Waals surface area contributed by atoms with Crippen LogP contribution in [-0.2, 0) is 11.3 Å². The first kappa shape index (κ1) is 9.74. The molecule has 0 atom stereocenters. The largest absolute Gasteiger partial charge is 0.465 e. The van der Waals surface area contributed by atoms with E-state index in [1.807, 2.05) is 0 Å². The minimum absolute atomic E-state index is 0.121. The maximum Gasteiger partial charge on any atom is 0.337 e. The number of rotatable bonds is 2. The van der Waals surface area contributed by atoms with Gasteiger partial charge in [-0.15, -0.1) is 0 Å². The van der Waals surface area contributed by atoms with E-state index in [9.17, 15) is 4.79 Å². The predicted octanol–water partition coefficient (Wildman–Crippen LogP) is 1.15. The second kappa shape index (κ2) is 4.05. The molecule has 1 aromatic rings. The van der Waals surface area contributed by atoms with Crippen LogP contribution < -0.4 is 0 Å². The molecule has 1 radical (unpaired) electrons. The molecular weight excluding hydrogens is 168 g/mol. The average Bonchev–Trinajstić information content (AvgIpc) is 2.17. The molecule has 0 saturated carbocycles. The highest BCUT2D eigenvalue weighted by Gasteiger charge is 2.06. The molecule has 0 aliphatic carbocycles. The summed E-state index contributed by atoms with van der Waals surface area (Å²) in [4.78, 5) is 11.1. The lowest BCUT2D eigenvalue weighted by Gasteiger charge is -2.04. The van der Waals surface area contributed by atoms with Crippen LogP contribution in [0.3, 0.4) is 0 Å². The highest BCUT2D eigenvalue weighted by Crippen LogP contribution is 2.11. The molecule has 13 heavy (non-hydrogen) atoms. The van der Waals surface area contributed by atoms with Crippen LogP contribution in [0.4, 0.5) is 0 Å². The number of aliphatic hydroxyl groups excluding tert-OH is 1. The van der Waals surface area contributed by atoms with Gasteiger partial charge in [0.1, 0.15) is 0 Å². The average molecular weight is 179 g/mol. The van der Waals surface area contributed by atoms with Crippen LogP contribution >= 0.6 is 0 Å². The van der Waals surface area contributed by atoms with Crippen molar-refractivity contribution in [2.24, 2.45) is 0 Å². The third-order valence-electron chi connectivity index (χ3n) is 1.80. The van der Waals surface area contributed by atoms with Crippen LogP contribution in [0.25, 0.3) is 0 Å². The van der Waals surface area contributed by atoms with Crippen molar-refractivity contribution in [1.82, 2.24) is 0 Å². The molecule has 69 valence electrons. The van der Waals surface area contributed by atoms with E-state index < -0.39 is 5.97 Å². The normalized spacial score (nSPS) is 9.77. The Bertz CT molecular complexity index is 318. The van der Waals surface area contributed by atoms with Gasteiger partial charge in [0.25, 0.3) is 0 Å². The fourth-order valence-electron chi connectivity index (χ4n) is 1.02. The highest BCUT2D eigenvalue weighted by atomic mass is 16.5. The smallest absolute Gasteiger partial charge is 0.337 e. The van der Waals surface area contributed by atoms with Gasteiger partial charge in [-0.25, -0.2) is 4.79 Å². The molecule has 0 heterocycles. The Morgan fingerprint density at radius 1 is 1.62 bits per heavy atom. The minimum Gasteiger partial charge on any atom is -0.465 e. The summed E-state index contributed by atoms with van der Waals surface area (Å²) in [5.41, 5.74) is 1.79. The summed E-state index contributed by atoms with van der Waals surface area (Å²) in [5.74, 6) is -0.408. The Morgan fingerprint density at radius 2 is 2.31 bits per heavy atom. The summed E-state index contributed by atoms with van der Waals surface area (Å²) >= 11 is 0. The first-order valence-electron chi connectivity index (χ1n) is 3.83. The van der Waals surface area contributed by atoms with Crippen molar-refractivity contribution in [3.05, 3.63) is 41.8 Å².